The number of aliphatic hydroxyl groups excluding tert-OH is 1. The molecule has 0 aromatic rings. The van der Waals surface area contributed by atoms with E-state index in [0.717, 1.165) is 24.8 Å². The molecule has 5 fully saturated rings. The van der Waals surface area contributed by atoms with Crippen LogP contribution in [0.15, 0.2) is 16.6 Å². The Morgan fingerprint density at radius 1 is 1.17 bits per heavy atom. The first kappa shape index (κ1) is 30.2. The van der Waals surface area contributed by atoms with E-state index in [1.165, 1.54) is 0 Å². The number of fused-ring (bicyclic) bond motifs is 5. The Morgan fingerprint density at radius 2 is 1.95 bits per heavy atom. The van der Waals surface area contributed by atoms with Gasteiger partial charge in [-0.3, -0.25) is 4.99 Å². The number of aliphatic imine (C=N–C) groups is 1. The molecule has 10 heteroatoms. The Kier molecular flexibility index (Phi) is 7.85. The molecule has 3 N–H and O–H groups in total. The first-order valence-electron chi connectivity index (χ1n) is 15.7. The molecule has 2 heterocycles. The molecule has 42 heavy (non-hydrogen) atoms. The Labute approximate surface area is 248 Å². The summed E-state index contributed by atoms with van der Waals surface area (Å²) in [6.07, 6.45) is 7.57. The quantitative estimate of drug-likeness (QED) is 0.185. The Hall–Kier alpha value is -1.87. The van der Waals surface area contributed by atoms with Gasteiger partial charge in [0.1, 0.15) is 19.3 Å². The number of nitriles is 1. The van der Waals surface area contributed by atoms with Crippen molar-refractivity contribution in [1.29, 1.82) is 5.26 Å². The summed E-state index contributed by atoms with van der Waals surface area (Å²) in [5, 5.41) is 44.7. The van der Waals surface area contributed by atoms with Crippen molar-refractivity contribution in [2.75, 3.05) is 20.3 Å². The molecule has 1 saturated heterocycles. The van der Waals surface area contributed by atoms with E-state index < -0.39 is 35.1 Å². The zero-order valence-electron chi connectivity index (χ0n) is 25.0. The Balaban J connectivity index is 1.26. The zero-order chi connectivity index (χ0) is 29.9. The number of methoxy groups -OCH3 is 1. The molecular formula is C32H46N2O8. The molecule has 0 bridgehead atoms. The molecule has 0 amide bonds. The van der Waals surface area contributed by atoms with Crippen LogP contribution in [0, 0.1) is 39.9 Å². The second-order valence-electron chi connectivity index (χ2n) is 14.0. The van der Waals surface area contributed by atoms with Gasteiger partial charge < -0.3 is 34.3 Å². The minimum atomic E-state index is -1.10. The highest BCUT2D eigenvalue weighted by Gasteiger charge is 2.71. The topological polar surface area (TPSA) is 151 Å². The fourth-order valence-corrected chi connectivity index (χ4v) is 10.3. The van der Waals surface area contributed by atoms with Gasteiger partial charge in [-0.25, -0.2) is 4.79 Å². The van der Waals surface area contributed by atoms with Crippen molar-refractivity contribution in [1.82, 2.24) is 0 Å². The number of hydrogen-bond acceptors (Lipinski definition) is 10. The number of esters is 1. The minimum Gasteiger partial charge on any atom is -0.458 e. The third-order valence-electron chi connectivity index (χ3n) is 12.4. The summed E-state index contributed by atoms with van der Waals surface area (Å²) in [5.74, 6) is -0.229. The molecule has 4 saturated carbocycles. The second kappa shape index (κ2) is 10.9. The normalized spacial score (nSPS) is 50.4. The summed E-state index contributed by atoms with van der Waals surface area (Å²) in [6.45, 7) is 4.32. The molecule has 0 spiro atoms. The maximum atomic E-state index is 12.6. The van der Waals surface area contributed by atoms with Crippen LogP contribution in [-0.2, 0) is 23.7 Å². The highest BCUT2D eigenvalue weighted by atomic mass is 16.7. The lowest BCUT2D eigenvalue weighted by Crippen LogP contribution is -2.69. The van der Waals surface area contributed by atoms with Gasteiger partial charge in [0.25, 0.3) is 0 Å². The SMILES string of the molecule is COC1CC(OC2CC[C@]3(C=NCC#N)[C@H]4CC[C@]5(C)[C@H](C6=CC(=O)OC6)CCC5(O)C4CCC3(O)C2)OC(C)C1O. The molecular weight excluding hydrogens is 540 g/mol. The fraction of sp³-hybridized carbons (Fsp3) is 0.844. The molecule has 0 aromatic carbocycles. The number of carbonyl (C=O) groups excluding carboxylic acids is 1. The molecule has 12 atom stereocenters. The van der Waals surface area contributed by atoms with Crippen LogP contribution < -0.4 is 0 Å². The van der Waals surface area contributed by atoms with E-state index in [1.807, 2.05) is 13.1 Å². The maximum Gasteiger partial charge on any atom is 0.331 e. The summed E-state index contributed by atoms with van der Waals surface area (Å²) in [6, 6.07) is 2.11. The van der Waals surface area contributed by atoms with Crippen LogP contribution in [0.25, 0.3) is 0 Å². The van der Waals surface area contributed by atoms with Gasteiger partial charge in [-0.2, -0.15) is 5.26 Å². The summed E-state index contributed by atoms with van der Waals surface area (Å²) in [4.78, 5) is 16.4. The lowest BCUT2D eigenvalue weighted by Gasteiger charge is -2.66. The molecule has 10 nitrogen and oxygen atoms in total. The van der Waals surface area contributed by atoms with Gasteiger partial charge in [0.05, 0.1) is 35.6 Å². The predicted molar refractivity (Wildman–Crippen MR) is 151 cm³/mol. The summed E-state index contributed by atoms with van der Waals surface area (Å²) >= 11 is 0. The lowest BCUT2D eigenvalue weighted by atomic mass is 9.41. The van der Waals surface area contributed by atoms with Crippen LogP contribution in [0.2, 0.25) is 0 Å². The third kappa shape index (κ3) is 4.50. The van der Waals surface area contributed by atoms with Crippen LogP contribution >= 0.6 is 0 Å². The summed E-state index contributed by atoms with van der Waals surface area (Å²) in [7, 11) is 1.58. The molecule has 0 radical (unpaired) electrons. The molecule has 4 aliphatic carbocycles. The second-order valence-corrected chi connectivity index (χ2v) is 14.0. The average molecular weight is 587 g/mol. The molecule has 6 rings (SSSR count). The first-order valence-corrected chi connectivity index (χ1v) is 15.7. The average Bonchev–Trinajstić information content (AvgIpc) is 3.50. The molecule has 2 aliphatic heterocycles. The Bertz CT molecular complexity index is 1170. The fourth-order valence-electron chi connectivity index (χ4n) is 10.3. The van der Waals surface area contributed by atoms with Crippen molar-refractivity contribution in [3.05, 3.63) is 11.6 Å². The summed E-state index contributed by atoms with van der Waals surface area (Å²) in [5.41, 5.74) is -2.10. The van der Waals surface area contributed by atoms with E-state index in [4.69, 9.17) is 18.9 Å². The number of cyclic esters (lactones) is 1. The molecule has 8 unspecified atom stereocenters. The number of hydrogen-bond donors (Lipinski definition) is 3. The van der Waals surface area contributed by atoms with Crippen molar-refractivity contribution >= 4 is 12.2 Å². The maximum absolute atomic E-state index is 12.6. The largest absolute Gasteiger partial charge is 0.458 e. The van der Waals surface area contributed by atoms with Gasteiger partial charge in [-0.1, -0.05) is 6.92 Å². The van der Waals surface area contributed by atoms with Gasteiger partial charge in [-0.05, 0) is 81.6 Å². The standard InChI is InChI=1S/C32H46N2O8/c1-19-28(36)25(39-3)15-27(41-19)42-21-4-9-30(18-34-13-12-33)23-5-8-29(2)22(20-14-26(35)40-17-20)7-11-32(29,38)24(23)6-10-31(30,37)16-21/h14,18-19,21-25,27-28,36-38H,4-11,13,15-17H2,1-3H3/t19?,21?,22-,23-,24?,25?,27?,28?,29+,30-,31?,32?/m0/s1. The van der Waals surface area contributed by atoms with Crippen molar-refractivity contribution in [3.8, 4) is 6.07 Å². The van der Waals surface area contributed by atoms with Crippen LogP contribution in [0.5, 0.6) is 0 Å². The van der Waals surface area contributed by atoms with Crippen molar-refractivity contribution in [2.45, 2.75) is 120 Å². The van der Waals surface area contributed by atoms with E-state index in [2.05, 4.69) is 18.0 Å². The van der Waals surface area contributed by atoms with E-state index in [1.54, 1.807) is 13.2 Å². The number of nitrogens with zero attached hydrogens (tertiary/aromatic N) is 2. The third-order valence-corrected chi connectivity index (χ3v) is 12.4. The van der Waals surface area contributed by atoms with Gasteiger partial charge in [-0.15, -0.1) is 0 Å². The highest BCUT2D eigenvalue weighted by molar-refractivity contribution is 5.85. The van der Waals surface area contributed by atoms with Crippen molar-refractivity contribution in [3.63, 3.8) is 0 Å². The number of carbonyl (C=O) groups is 1. The van der Waals surface area contributed by atoms with Crippen LogP contribution in [0.1, 0.15) is 78.1 Å². The van der Waals surface area contributed by atoms with Gasteiger partial charge in [0.2, 0.25) is 0 Å². The van der Waals surface area contributed by atoms with E-state index >= 15 is 0 Å². The van der Waals surface area contributed by atoms with Gasteiger partial charge >= 0.3 is 5.97 Å². The predicted octanol–water partition coefficient (Wildman–Crippen LogP) is 2.83. The van der Waals surface area contributed by atoms with Gasteiger partial charge in [0, 0.05) is 43.1 Å². The van der Waals surface area contributed by atoms with Gasteiger partial charge in [0.15, 0.2) is 6.29 Å². The number of ether oxygens (including phenoxy) is 4. The molecule has 0 aromatic heterocycles. The zero-order valence-corrected chi connectivity index (χ0v) is 25.0. The van der Waals surface area contributed by atoms with Crippen molar-refractivity contribution < 1.29 is 39.1 Å². The van der Waals surface area contributed by atoms with Crippen LogP contribution in [0.4, 0.5) is 0 Å². The van der Waals surface area contributed by atoms with Crippen molar-refractivity contribution in [2.24, 2.45) is 33.6 Å². The summed E-state index contributed by atoms with van der Waals surface area (Å²) < 4.78 is 23.1. The van der Waals surface area contributed by atoms with E-state index in [9.17, 15) is 25.4 Å². The molecule has 6 aliphatic rings. The number of aliphatic hydroxyl groups is 3. The number of rotatable bonds is 6. The van der Waals surface area contributed by atoms with Crippen LogP contribution in [0.3, 0.4) is 0 Å². The van der Waals surface area contributed by atoms with E-state index in [0.29, 0.717) is 51.6 Å². The Morgan fingerprint density at radius 3 is 2.67 bits per heavy atom. The lowest BCUT2D eigenvalue weighted by molar-refractivity contribution is -0.284. The highest BCUT2D eigenvalue weighted by Crippen LogP contribution is 2.70. The molecule has 232 valence electrons. The monoisotopic (exact) mass is 586 g/mol. The van der Waals surface area contributed by atoms with Crippen LogP contribution in [-0.4, -0.2) is 89.7 Å². The minimum absolute atomic E-state index is 0.00544. The van der Waals surface area contributed by atoms with E-state index in [-0.39, 0.29) is 47.9 Å². The first-order chi connectivity index (χ1) is 20.0. The smallest absolute Gasteiger partial charge is 0.331 e.